The van der Waals surface area contributed by atoms with Gasteiger partial charge in [0.25, 0.3) is 0 Å². The SMILES string of the molecule is N#CCCN(Cc1ccc(C=CC(=O)O)s1)C1CC1. The highest BCUT2D eigenvalue weighted by molar-refractivity contribution is 7.12. The van der Waals surface area contributed by atoms with Crippen LogP contribution in [0.4, 0.5) is 0 Å². The Labute approximate surface area is 116 Å². The third-order valence-electron chi connectivity index (χ3n) is 3.01. The van der Waals surface area contributed by atoms with Crippen molar-refractivity contribution in [1.29, 1.82) is 5.26 Å². The summed E-state index contributed by atoms with van der Waals surface area (Å²) in [5, 5.41) is 17.3. The van der Waals surface area contributed by atoms with Crippen LogP contribution < -0.4 is 0 Å². The molecule has 2 rings (SSSR count). The van der Waals surface area contributed by atoms with Crippen molar-refractivity contribution in [2.75, 3.05) is 6.54 Å². The lowest BCUT2D eigenvalue weighted by molar-refractivity contribution is -0.131. The zero-order valence-electron chi connectivity index (χ0n) is 10.6. The van der Waals surface area contributed by atoms with Crippen molar-refractivity contribution in [2.45, 2.75) is 31.8 Å². The molecule has 0 spiro atoms. The second-order valence-corrected chi connectivity index (χ2v) is 5.79. The van der Waals surface area contributed by atoms with Gasteiger partial charge in [-0.3, -0.25) is 4.90 Å². The summed E-state index contributed by atoms with van der Waals surface area (Å²) in [5.41, 5.74) is 0. The summed E-state index contributed by atoms with van der Waals surface area (Å²) in [6.45, 7) is 1.68. The molecule has 1 aliphatic carbocycles. The monoisotopic (exact) mass is 276 g/mol. The first kappa shape index (κ1) is 13.8. The minimum Gasteiger partial charge on any atom is -0.478 e. The molecular formula is C14H16N2O2S. The fourth-order valence-electron chi connectivity index (χ4n) is 1.95. The Bertz CT molecular complexity index is 512. The van der Waals surface area contributed by atoms with Gasteiger partial charge in [-0.25, -0.2) is 4.79 Å². The Morgan fingerprint density at radius 2 is 2.37 bits per heavy atom. The van der Waals surface area contributed by atoms with E-state index in [0.717, 1.165) is 24.0 Å². The minimum atomic E-state index is -0.927. The molecule has 0 radical (unpaired) electrons. The lowest BCUT2D eigenvalue weighted by Gasteiger charge is -2.19. The highest BCUT2D eigenvalue weighted by atomic mass is 32.1. The topological polar surface area (TPSA) is 64.3 Å². The van der Waals surface area contributed by atoms with Crippen LogP contribution in [0.3, 0.4) is 0 Å². The first-order valence-corrected chi connectivity index (χ1v) is 7.11. The summed E-state index contributed by atoms with van der Waals surface area (Å²) in [5.74, 6) is -0.927. The van der Waals surface area contributed by atoms with Crippen molar-refractivity contribution >= 4 is 23.4 Å². The normalized spacial score (nSPS) is 14.9. The van der Waals surface area contributed by atoms with Crippen LogP contribution >= 0.6 is 11.3 Å². The Hall–Kier alpha value is -1.64. The lowest BCUT2D eigenvalue weighted by atomic mass is 10.3. The average molecular weight is 276 g/mol. The maximum Gasteiger partial charge on any atom is 0.328 e. The van der Waals surface area contributed by atoms with Gasteiger partial charge in [-0.05, 0) is 31.1 Å². The molecule has 19 heavy (non-hydrogen) atoms. The molecule has 0 unspecified atom stereocenters. The van der Waals surface area contributed by atoms with E-state index in [2.05, 4.69) is 11.0 Å². The summed E-state index contributed by atoms with van der Waals surface area (Å²) < 4.78 is 0. The van der Waals surface area contributed by atoms with Crippen molar-refractivity contribution < 1.29 is 9.90 Å². The van der Waals surface area contributed by atoms with Crippen LogP contribution in [0.1, 0.15) is 29.0 Å². The number of rotatable bonds is 7. The van der Waals surface area contributed by atoms with Crippen molar-refractivity contribution in [1.82, 2.24) is 4.90 Å². The van der Waals surface area contributed by atoms with Gasteiger partial charge in [0, 0.05) is 41.4 Å². The van der Waals surface area contributed by atoms with Gasteiger partial charge in [0.2, 0.25) is 0 Å². The molecule has 1 aromatic heterocycles. The third-order valence-corrected chi connectivity index (χ3v) is 4.04. The van der Waals surface area contributed by atoms with E-state index in [-0.39, 0.29) is 0 Å². The molecule has 0 aromatic carbocycles. The van der Waals surface area contributed by atoms with Gasteiger partial charge < -0.3 is 5.11 Å². The molecule has 5 heteroatoms. The summed E-state index contributed by atoms with van der Waals surface area (Å²) >= 11 is 1.61. The maximum absolute atomic E-state index is 10.5. The highest BCUT2D eigenvalue weighted by Crippen LogP contribution is 2.30. The van der Waals surface area contributed by atoms with Crippen LogP contribution in [0.5, 0.6) is 0 Å². The number of carboxylic acids is 1. The van der Waals surface area contributed by atoms with Crippen LogP contribution in [-0.2, 0) is 11.3 Å². The zero-order chi connectivity index (χ0) is 13.7. The maximum atomic E-state index is 10.5. The molecular weight excluding hydrogens is 260 g/mol. The Kier molecular flexibility index (Phi) is 4.72. The van der Waals surface area contributed by atoms with E-state index in [9.17, 15) is 4.79 Å². The largest absolute Gasteiger partial charge is 0.478 e. The molecule has 1 aromatic rings. The molecule has 1 N–H and O–H groups in total. The summed E-state index contributed by atoms with van der Waals surface area (Å²) in [6, 6.07) is 6.80. The fraction of sp³-hybridized carbons (Fsp3) is 0.429. The first-order chi connectivity index (χ1) is 9.19. The number of nitrogens with zero attached hydrogens (tertiary/aromatic N) is 2. The van der Waals surface area contributed by atoms with E-state index in [1.165, 1.54) is 17.7 Å². The van der Waals surface area contributed by atoms with Crippen molar-refractivity contribution in [3.05, 3.63) is 28.0 Å². The van der Waals surface area contributed by atoms with Gasteiger partial charge in [-0.15, -0.1) is 11.3 Å². The van der Waals surface area contributed by atoms with E-state index in [4.69, 9.17) is 10.4 Å². The lowest BCUT2D eigenvalue weighted by Crippen LogP contribution is -2.26. The molecule has 0 atom stereocenters. The quantitative estimate of drug-likeness (QED) is 0.778. The van der Waals surface area contributed by atoms with E-state index in [1.54, 1.807) is 17.4 Å². The van der Waals surface area contributed by atoms with E-state index >= 15 is 0 Å². The second kappa shape index (κ2) is 6.50. The van der Waals surface area contributed by atoms with Crippen LogP contribution in [0.15, 0.2) is 18.2 Å². The summed E-state index contributed by atoms with van der Waals surface area (Å²) in [4.78, 5) is 15.0. The van der Waals surface area contributed by atoms with Gasteiger partial charge in [-0.1, -0.05) is 0 Å². The van der Waals surface area contributed by atoms with Crippen LogP contribution in [0, 0.1) is 11.3 Å². The molecule has 1 saturated carbocycles. The number of carboxylic acid groups (broad SMARTS) is 1. The Balaban J connectivity index is 1.94. The molecule has 0 saturated heterocycles. The van der Waals surface area contributed by atoms with Crippen LogP contribution in [0.2, 0.25) is 0 Å². The van der Waals surface area contributed by atoms with E-state index in [0.29, 0.717) is 12.5 Å². The highest BCUT2D eigenvalue weighted by Gasteiger charge is 2.28. The number of nitriles is 1. The van der Waals surface area contributed by atoms with Crippen molar-refractivity contribution in [3.63, 3.8) is 0 Å². The van der Waals surface area contributed by atoms with Gasteiger partial charge in [-0.2, -0.15) is 5.26 Å². The second-order valence-electron chi connectivity index (χ2n) is 4.59. The van der Waals surface area contributed by atoms with Gasteiger partial charge in [0.1, 0.15) is 0 Å². The van der Waals surface area contributed by atoms with E-state index < -0.39 is 5.97 Å². The first-order valence-electron chi connectivity index (χ1n) is 6.30. The number of carbonyl (C=O) groups is 1. The van der Waals surface area contributed by atoms with Crippen LogP contribution in [-0.4, -0.2) is 28.6 Å². The van der Waals surface area contributed by atoms with Crippen LogP contribution in [0.25, 0.3) is 6.08 Å². The zero-order valence-corrected chi connectivity index (χ0v) is 11.4. The smallest absolute Gasteiger partial charge is 0.328 e. The van der Waals surface area contributed by atoms with Crippen molar-refractivity contribution in [3.8, 4) is 6.07 Å². The molecule has 1 heterocycles. The number of hydrogen-bond acceptors (Lipinski definition) is 4. The van der Waals surface area contributed by atoms with Gasteiger partial charge in [0.05, 0.1) is 6.07 Å². The minimum absolute atomic E-state index is 0.563. The Morgan fingerprint density at radius 3 is 3.00 bits per heavy atom. The van der Waals surface area contributed by atoms with Gasteiger partial charge >= 0.3 is 5.97 Å². The molecule has 1 fully saturated rings. The molecule has 100 valence electrons. The fourth-order valence-corrected chi connectivity index (χ4v) is 2.89. The number of hydrogen-bond donors (Lipinski definition) is 1. The molecule has 4 nitrogen and oxygen atoms in total. The number of thiophene rings is 1. The van der Waals surface area contributed by atoms with E-state index in [1.807, 2.05) is 12.1 Å². The predicted octanol–water partition coefficient (Wildman–Crippen LogP) is 2.72. The number of aliphatic carboxylic acids is 1. The molecule has 0 amide bonds. The predicted molar refractivity (Wildman–Crippen MR) is 74.7 cm³/mol. The molecule has 0 aliphatic heterocycles. The standard InChI is InChI=1S/C14H16N2O2S/c15-8-1-9-16(11-2-3-11)10-13-5-4-12(19-13)6-7-14(17)18/h4-7,11H,1-3,9-10H2,(H,17,18). The molecule has 1 aliphatic rings. The summed E-state index contributed by atoms with van der Waals surface area (Å²) in [7, 11) is 0. The van der Waals surface area contributed by atoms with Gasteiger partial charge in [0.15, 0.2) is 0 Å². The van der Waals surface area contributed by atoms with Crippen molar-refractivity contribution in [2.24, 2.45) is 0 Å². The Morgan fingerprint density at radius 1 is 1.58 bits per heavy atom. The summed E-state index contributed by atoms with van der Waals surface area (Å²) in [6.07, 6.45) is 5.79. The third kappa shape index (κ3) is 4.51. The average Bonchev–Trinajstić information content (AvgIpc) is 3.13. The molecule has 0 bridgehead atoms.